The maximum atomic E-state index is 12.7. The number of benzene rings is 1. The zero-order valence-electron chi connectivity index (χ0n) is 13.5. The quantitative estimate of drug-likeness (QED) is 0.740. The number of nitrogens with one attached hydrogen (secondary N) is 1. The predicted octanol–water partition coefficient (Wildman–Crippen LogP) is 4.78. The number of halogens is 4. The lowest BCUT2D eigenvalue weighted by atomic mass is 10.2. The number of carbonyl (C=O) groups is 1. The molecule has 1 aliphatic rings. The molecule has 1 saturated heterocycles. The summed E-state index contributed by atoms with van der Waals surface area (Å²) in [4.78, 5) is 19.1. The fourth-order valence-corrected chi connectivity index (χ4v) is 4.24. The van der Waals surface area contributed by atoms with E-state index in [-0.39, 0.29) is 36.8 Å². The van der Waals surface area contributed by atoms with Crippen LogP contribution in [0.3, 0.4) is 0 Å². The highest BCUT2D eigenvalue weighted by Crippen LogP contribution is 2.33. The van der Waals surface area contributed by atoms with Gasteiger partial charge in [-0.15, -0.1) is 36.2 Å². The number of rotatable bonds is 4. The van der Waals surface area contributed by atoms with Gasteiger partial charge in [-0.2, -0.15) is 0 Å². The first-order chi connectivity index (χ1) is 11.1. The van der Waals surface area contributed by atoms with Crippen molar-refractivity contribution in [1.82, 2.24) is 15.2 Å². The van der Waals surface area contributed by atoms with Gasteiger partial charge in [0.25, 0.3) is 5.91 Å². The third-order valence-corrected chi connectivity index (χ3v) is 5.39. The summed E-state index contributed by atoms with van der Waals surface area (Å²) in [5.74, 6) is -0.00432. The Hall–Kier alpha value is -0.560. The van der Waals surface area contributed by atoms with Crippen LogP contribution in [-0.4, -0.2) is 42.0 Å². The van der Waals surface area contributed by atoms with Crippen molar-refractivity contribution in [3.05, 3.63) is 39.3 Å². The Bertz CT molecular complexity index is 725. The Morgan fingerprint density at radius 1 is 1.40 bits per heavy atom. The van der Waals surface area contributed by atoms with Crippen LogP contribution in [0.1, 0.15) is 23.3 Å². The minimum Gasteiger partial charge on any atom is -0.333 e. The zero-order valence-corrected chi connectivity index (χ0v) is 17.5. The molecular formula is C16H19Cl4N3OS. The first-order valence-corrected chi connectivity index (χ1v) is 9.10. The van der Waals surface area contributed by atoms with Crippen molar-refractivity contribution in [2.75, 3.05) is 20.1 Å². The van der Waals surface area contributed by atoms with E-state index in [0.29, 0.717) is 15.7 Å². The van der Waals surface area contributed by atoms with Crippen molar-refractivity contribution in [3.8, 4) is 10.6 Å². The maximum absolute atomic E-state index is 12.7. The van der Waals surface area contributed by atoms with E-state index in [9.17, 15) is 4.79 Å². The highest BCUT2D eigenvalue weighted by molar-refractivity contribution is 7.13. The molecule has 0 bridgehead atoms. The fraction of sp³-hybridized carbons (Fsp3) is 0.375. The van der Waals surface area contributed by atoms with Crippen LogP contribution in [0.15, 0.2) is 23.6 Å². The molecule has 1 aromatic carbocycles. The van der Waals surface area contributed by atoms with Crippen molar-refractivity contribution in [1.29, 1.82) is 0 Å². The molecule has 25 heavy (non-hydrogen) atoms. The van der Waals surface area contributed by atoms with Crippen molar-refractivity contribution in [2.24, 2.45) is 0 Å². The van der Waals surface area contributed by atoms with Gasteiger partial charge in [0.05, 0.1) is 5.02 Å². The minimum atomic E-state index is -0.00432. The first kappa shape index (κ1) is 22.5. The van der Waals surface area contributed by atoms with Crippen LogP contribution < -0.4 is 5.32 Å². The Morgan fingerprint density at radius 3 is 2.84 bits per heavy atom. The maximum Gasteiger partial charge on any atom is 0.273 e. The minimum absolute atomic E-state index is 0. The van der Waals surface area contributed by atoms with E-state index in [4.69, 9.17) is 23.2 Å². The monoisotopic (exact) mass is 441 g/mol. The molecule has 1 amide bonds. The Labute approximate surface area is 173 Å². The van der Waals surface area contributed by atoms with Crippen molar-refractivity contribution >= 4 is 65.3 Å². The summed E-state index contributed by atoms with van der Waals surface area (Å²) in [5.41, 5.74) is 1.28. The summed E-state index contributed by atoms with van der Waals surface area (Å²) in [6.07, 6.45) is 2.07. The molecule has 138 valence electrons. The van der Waals surface area contributed by atoms with E-state index in [0.717, 1.165) is 36.5 Å². The molecule has 0 spiro atoms. The third kappa shape index (κ3) is 5.00. The van der Waals surface area contributed by atoms with E-state index in [1.54, 1.807) is 17.5 Å². The van der Waals surface area contributed by atoms with Gasteiger partial charge in [0.15, 0.2) is 0 Å². The fourth-order valence-electron chi connectivity index (χ4n) is 2.86. The summed E-state index contributed by atoms with van der Waals surface area (Å²) in [5, 5.41) is 6.81. The van der Waals surface area contributed by atoms with Gasteiger partial charge in [0.1, 0.15) is 10.7 Å². The van der Waals surface area contributed by atoms with Crippen LogP contribution in [0.25, 0.3) is 10.6 Å². The number of hydrogen-bond donors (Lipinski definition) is 1. The lowest BCUT2D eigenvalue weighted by molar-refractivity contribution is 0.0732. The molecule has 4 nitrogen and oxygen atoms in total. The van der Waals surface area contributed by atoms with Gasteiger partial charge >= 0.3 is 0 Å². The number of amides is 1. The van der Waals surface area contributed by atoms with Crippen LogP contribution in [0, 0.1) is 0 Å². The highest BCUT2D eigenvalue weighted by Gasteiger charge is 2.30. The Balaban J connectivity index is 0.00000156. The van der Waals surface area contributed by atoms with Crippen LogP contribution >= 0.6 is 59.4 Å². The largest absolute Gasteiger partial charge is 0.333 e. The van der Waals surface area contributed by atoms with Crippen molar-refractivity contribution in [3.63, 3.8) is 0 Å². The Morgan fingerprint density at radius 2 is 2.16 bits per heavy atom. The SMILES string of the molecule is CNCC1CCCN1C(=O)c1csc(-c2ccc(Cl)cc2Cl)n1.Cl.Cl. The summed E-state index contributed by atoms with van der Waals surface area (Å²) >= 11 is 13.6. The third-order valence-electron chi connectivity index (χ3n) is 3.96. The van der Waals surface area contributed by atoms with E-state index < -0.39 is 0 Å². The second-order valence-electron chi connectivity index (χ2n) is 5.51. The van der Waals surface area contributed by atoms with Crippen LogP contribution in [0.5, 0.6) is 0 Å². The second-order valence-corrected chi connectivity index (χ2v) is 7.22. The molecule has 1 atom stereocenters. The highest BCUT2D eigenvalue weighted by atomic mass is 35.5. The van der Waals surface area contributed by atoms with Gasteiger partial charge in [0.2, 0.25) is 0 Å². The summed E-state index contributed by atoms with van der Waals surface area (Å²) < 4.78 is 0. The molecule has 0 radical (unpaired) electrons. The van der Waals surface area contributed by atoms with E-state index in [1.807, 2.05) is 18.0 Å². The number of hydrogen-bond acceptors (Lipinski definition) is 4. The lowest BCUT2D eigenvalue weighted by Crippen LogP contribution is -2.40. The molecule has 0 aliphatic carbocycles. The molecule has 2 aromatic rings. The second kappa shape index (κ2) is 9.95. The standard InChI is InChI=1S/C16H17Cl2N3OS.2ClH/c1-19-8-11-3-2-6-21(11)16(22)14-9-23-15(20-14)12-5-4-10(17)7-13(12)18;;/h4-5,7,9,11,19H,2-3,6,8H2,1H3;2*1H. The molecule has 1 fully saturated rings. The number of aromatic nitrogens is 1. The molecule has 3 rings (SSSR count). The molecular weight excluding hydrogens is 424 g/mol. The molecule has 2 heterocycles. The number of likely N-dealkylation sites (N-methyl/N-ethyl adjacent to an activating group) is 1. The van der Waals surface area contributed by atoms with Crippen molar-refractivity contribution in [2.45, 2.75) is 18.9 Å². The molecule has 1 aromatic heterocycles. The van der Waals surface area contributed by atoms with Gasteiger partial charge in [-0.1, -0.05) is 23.2 Å². The van der Waals surface area contributed by atoms with Crippen LogP contribution in [-0.2, 0) is 0 Å². The number of likely N-dealkylation sites (tertiary alicyclic amines) is 1. The smallest absolute Gasteiger partial charge is 0.273 e. The number of nitrogens with zero attached hydrogens (tertiary/aromatic N) is 2. The zero-order chi connectivity index (χ0) is 16.4. The van der Waals surface area contributed by atoms with Gasteiger partial charge in [-0.3, -0.25) is 4.79 Å². The summed E-state index contributed by atoms with van der Waals surface area (Å²) in [6.45, 7) is 1.60. The molecule has 0 saturated carbocycles. The van der Waals surface area contributed by atoms with E-state index in [1.165, 1.54) is 11.3 Å². The number of carbonyl (C=O) groups excluding carboxylic acids is 1. The summed E-state index contributed by atoms with van der Waals surface area (Å²) in [7, 11) is 1.91. The van der Waals surface area contributed by atoms with Crippen LogP contribution in [0.4, 0.5) is 0 Å². The lowest BCUT2D eigenvalue weighted by Gasteiger charge is -2.23. The Kier molecular flexibility index (Phi) is 8.95. The van der Waals surface area contributed by atoms with Gasteiger partial charge in [0, 0.05) is 35.1 Å². The summed E-state index contributed by atoms with van der Waals surface area (Å²) in [6, 6.07) is 5.54. The van der Waals surface area contributed by atoms with Gasteiger partial charge in [-0.05, 0) is 38.1 Å². The van der Waals surface area contributed by atoms with Crippen molar-refractivity contribution < 1.29 is 4.79 Å². The van der Waals surface area contributed by atoms with Crippen LogP contribution in [0.2, 0.25) is 10.0 Å². The van der Waals surface area contributed by atoms with Gasteiger partial charge in [-0.25, -0.2) is 4.98 Å². The molecule has 1 aliphatic heterocycles. The van der Waals surface area contributed by atoms with Gasteiger partial charge < -0.3 is 10.2 Å². The molecule has 9 heteroatoms. The first-order valence-electron chi connectivity index (χ1n) is 7.46. The topological polar surface area (TPSA) is 45.2 Å². The average molecular weight is 443 g/mol. The molecule has 1 unspecified atom stereocenters. The number of thiazole rings is 1. The molecule has 1 N–H and O–H groups in total. The average Bonchev–Trinajstić information content (AvgIpc) is 3.16. The normalized spacial score (nSPS) is 16.3. The van der Waals surface area contributed by atoms with E-state index >= 15 is 0 Å². The predicted molar refractivity (Wildman–Crippen MR) is 110 cm³/mol. The van der Waals surface area contributed by atoms with E-state index in [2.05, 4.69) is 10.3 Å².